The highest BCUT2D eigenvalue weighted by molar-refractivity contribution is 5.35. The molecule has 2 N–H and O–H groups in total. The van der Waals surface area contributed by atoms with Gasteiger partial charge in [-0.05, 0) is 30.4 Å². The first kappa shape index (κ1) is 18.3. The predicted molar refractivity (Wildman–Crippen MR) is 96.1 cm³/mol. The lowest BCUT2D eigenvalue weighted by Gasteiger charge is -2.23. The molecule has 1 saturated carbocycles. The van der Waals surface area contributed by atoms with Gasteiger partial charge in [0.2, 0.25) is 0 Å². The highest BCUT2D eigenvalue weighted by Crippen LogP contribution is 2.25. The molecule has 2 rings (SSSR count). The first-order valence-corrected chi connectivity index (χ1v) is 9.30. The molecular formula is C20H33NO2. The summed E-state index contributed by atoms with van der Waals surface area (Å²) in [5.41, 5.74) is 1.20. The summed E-state index contributed by atoms with van der Waals surface area (Å²) in [7, 11) is 0. The number of hydrogen-bond acceptors (Lipinski definition) is 3. The zero-order valence-electron chi connectivity index (χ0n) is 14.8. The first-order chi connectivity index (χ1) is 11.2. The zero-order chi connectivity index (χ0) is 16.5. The maximum absolute atomic E-state index is 10.2. The fourth-order valence-corrected chi connectivity index (χ4v) is 3.30. The first-order valence-electron chi connectivity index (χ1n) is 9.30. The second kappa shape index (κ2) is 9.94. The van der Waals surface area contributed by atoms with Crippen molar-refractivity contribution in [1.29, 1.82) is 0 Å². The maximum Gasteiger partial charge on any atom is 0.122 e. The highest BCUT2D eigenvalue weighted by atomic mass is 16.5. The molecule has 0 aromatic heterocycles. The van der Waals surface area contributed by atoms with E-state index in [1.807, 2.05) is 18.2 Å². The Hall–Kier alpha value is -1.06. The number of ether oxygens (including phenoxy) is 1. The van der Waals surface area contributed by atoms with Crippen LogP contribution >= 0.6 is 0 Å². The van der Waals surface area contributed by atoms with Crippen molar-refractivity contribution in [2.24, 2.45) is 0 Å². The van der Waals surface area contributed by atoms with Gasteiger partial charge in [0.1, 0.15) is 18.5 Å². The van der Waals surface area contributed by atoms with Crippen LogP contribution in [0.2, 0.25) is 0 Å². The summed E-state index contributed by atoms with van der Waals surface area (Å²) in [6, 6.07) is 8.67. The summed E-state index contributed by atoms with van der Waals surface area (Å²) in [5, 5.41) is 13.7. The van der Waals surface area contributed by atoms with Crippen LogP contribution in [0.4, 0.5) is 0 Å². The van der Waals surface area contributed by atoms with Gasteiger partial charge < -0.3 is 15.2 Å². The van der Waals surface area contributed by atoms with Crippen molar-refractivity contribution in [1.82, 2.24) is 5.32 Å². The van der Waals surface area contributed by atoms with Crippen LogP contribution in [-0.2, 0) is 0 Å². The van der Waals surface area contributed by atoms with Crippen molar-refractivity contribution in [2.45, 2.75) is 76.9 Å². The molecule has 3 nitrogen and oxygen atoms in total. The van der Waals surface area contributed by atoms with Gasteiger partial charge in [-0.3, -0.25) is 0 Å². The molecule has 0 amide bonds. The largest absolute Gasteiger partial charge is 0.491 e. The summed E-state index contributed by atoms with van der Waals surface area (Å²) in [6.07, 6.45) is 8.75. The average Bonchev–Trinajstić information content (AvgIpc) is 2.52. The summed E-state index contributed by atoms with van der Waals surface area (Å²) < 4.78 is 5.85. The Morgan fingerprint density at radius 3 is 2.43 bits per heavy atom. The standard InChI is InChI=1S/C20H33NO2/c1-16(2)19-12-8-9-13-20(19)23-15-18(22)14-21-17-10-6-4-3-5-7-11-17/h8-9,12-13,16-18,21-22H,3-7,10-11,14-15H2,1-2H3/t18-/m1/s1. The minimum absolute atomic E-state index is 0.351. The minimum Gasteiger partial charge on any atom is -0.491 e. The number of para-hydroxylation sites is 1. The van der Waals surface area contributed by atoms with Crippen molar-refractivity contribution in [3.8, 4) is 5.75 Å². The van der Waals surface area contributed by atoms with Gasteiger partial charge in [0.15, 0.2) is 0 Å². The third-order valence-electron chi connectivity index (χ3n) is 4.72. The van der Waals surface area contributed by atoms with Gasteiger partial charge in [0.05, 0.1) is 0 Å². The second-order valence-electron chi connectivity index (χ2n) is 7.11. The van der Waals surface area contributed by atoms with E-state index in [0.29, 0.717) is 25.1 Å². The Balaban J connectivity index is 1.73. The van der Waals surface area contributed by atoms with Crippen molar-refractivity contribution in [2.75, 3.05) is 13.2 Å². The van der Waals surface area contributed by atoms with Crippen LogP contribution in [0.3, 0.4) is 0 Å². The molecule has 0 aliphatic heterocycles. The van der Waals surface area contributed by atoms with Gasteiger partial charge in [-0.1, -0.05) is 64.2 Å². The van der Waals surface area contributed by atoms with E-state index in [1.165, 1.54) is 50.5 Å². The average molecular weight is 319 g/mol. The van der Waals surface area contributed by atoms with E-state index in [2.05, 4.69) is 25.2 Å². The van der Waals surface area contributed by atoms with Crippen LogP contribution in [0.5, 0.6) is 5.75 Å². The van der Waals surface area contributed by atoms with Gasteiger partial charge in [0.25, 0.3) is 0 Å². The molecule has 0 spiro atoms. The molecule has 3 heteroatoms. The van der Waals surface area contributed by atoms with E-state index >= 15 is 0 Å². The highest BCUT2D eigenvalue weighted by Gasteiger charge is 2.14. The summed E-state index contributed by atoms with van der Waals surface area (Å²) in [6.45, 7) is 5.29. The molecule has 0 heterocycles. The number of rotatable bonds is 7. The lowest BCUT2D eigenvalue weighted by Crippen LogP contribution is -2.38. The molecule has 130 valence electrons. The van der Waals surface area contributed by atoms with Crippen LogP contribution in [0.1, 0.15) is 70.3 Å². The molecule has 1 fully saturated rings. The third-order valence-corrected chi connectivity index (χ3v) is 4.72. The van der Waals surface area contributed by atoms with E-state index in [4.69, 9.17) is 4.74 Å². The topological polar surface area (TPSA) is 41.5 Å². The Morgan fingerprint density at radius 2 is 1.74 bits per heavy atom. The molecule has 1 atom stereocenters. The number of benzene rings is 1. The smallest absolute Gasteiger partial charge is 0.122 e. The van der Waals surface area contributed by atoms with E-state index in [1.54, 1.807) is 0 Å². The normalized spacial score (nSPS) is 18.4. The van der Waals surface area contributed by atoms with Gasteiger partial charge >= 0.3 is 0 Å². The summed E-state index contributed by atoms with van der Waals surface area (Å²) in [5.74, 6) is 1.32. The van der Waals surface area contributed by atoms with E-state index in [0.717, 1.165) is 5.75 Å². The predicted octanol–water partition coefficient (Wildman–Crippen LogP) is 4.25. The molecule has 0 saturated heterocycles. The fourth-order valence-electron chi connectivity index (χ4n) is 3.30. The van der Waals surface area contributed by atoms with Crippen LogP contribution in [0.25, 0.3) is 0 Å². The van der Waals surface area contributed by atoms with Crippen LogP contribution < -0.4 is 10.1 Å². The van der Waals surface area contributed by atoms with Gasteiger partial charge in [0, 0.05) is 12.6 Å². The van der Waals surface area contributed by atoms with Gasteiger partial charge in [-0.25, -0.2) is 0 Å². The summed E-state index contributed by atoms with van der Waals surface area (Å²) >= 11 is 0. The van der Waals surface area contributed by atoms with Crippen molar-refractivity contribution >= 4 is 0 Å². The lowest BCUT2D eigenvalue weighted by molar-refractivity contribution is 0.102. The quantitative estimate of drug-likeness (QED) is 0.789. The molecular weight excluding hydrogens is 286 g/mol. The number of nitrogens with one attached hydrogen (secondary N) is 1. The van der Waals surface area contributed by atoms with E-state index in [9.17, 15) is 5.11 Å². The van der Waals surface area contributed by atoms with Crippen LogP contribution in [0, 0.1) is 0 Å². The fraction of sp³-hybridized carbons (Fsp3) is 0.700. The minimum atomic E-state index is -0.458. The Morgan fingerprint density at radius 1 is 1.09 bits per heavy atom. The number of aliphatic hydroxyl groups is 1. The third kappa shape index (κ3) is 6.52. The molecule has 0 unspecified atom stereocenters. The Labute approximate surface area is 141 Å². The number of aliphatic hydroxyl groups excluding tert-OH is 1. The van der Waals surface area contributed by atoms with Crippen molar-refractivity contribution in [3.63, 3.8) is 0 Å². The lowest BCUT2D eigenvalue weighted by atomic mass is 9.96. The SMILES string of the molecule is CC(C)c1ccccc1OC[C@H](O)CNC1CCCCCCC1. The summed E-state index contributed by atoms with van der Waals surface area (Å²) in [4.78, 5) is 0. The molecule has 0 bridgehead atoms. The van der Waals surface area contributed by atoms with Crippen molar-refractivity contribution in [3.05, 3.63) is 29.8 Å². The molecule has 1 aromatic rings. The molecule has 1 aliphatic carbocycles. The Bertz CT molecular complexity index is 439. The maximum atomic E-state index is 10.2. The zero-order valence-corrected chi connectivity index (χ0v) is 14.8. The monoisotopic (exact) mass is 319 g/mol. The van der Waals surface area contributed by atoms with E-state index in [-0.39, 0.29) is 0 Å². The molecule has 1 aliphatic rings. The number of hydrogen-bond donors (Lipinski definition) is 2. The molecule has 23 heavy (non-hydrogen) atoms. The Kier molecular flexibility index (Phi) is 7.90. The van der Waals surface area contributed by atoms with Gasteiger partial charge in [-0.2, -0.15) is 0 Å². The molecule has 0 radical (unpaired) electrons. The van der Waals surface area contributed by atoms with Crippen LogP contribution in [-0.4, -0.2) is 30.4 Å². The molecule has 1 aromatic carbocycles. The van der Waals surface area contributed by atoms with Crippen LogP contribution in [0.15, 0.2) is 24.3 Å². The van der Waals surface area contributed by atoms with Gasteiger partial charge in [-0.15, -0.1) is 0 Å². The van der Waals surface area contributed by atoms with Crippen molar-refractivity contribution < 1.29 is 9.84 Å². The second-order valence-corrected chi connectivity index (χ2v) is 7.11. The van der Waals surface area contributed by atoms with E-state index < -0.39 is 6.10 Å².